The Morgan fingerprint density at radius 3 is 2.30 bits per heavy atom. The number of benzene rings is 1. The van der Waals surface area contributed by atoms with E-state index in [1.807, 2.05) is 24.3 Å². The van der Waals surface area contributed by atoms with Crippen molar-refractivity contribution < 1.29 is 18.0 Å². The van der Waals surface area contributed by atoms with Gasteiger partial charge in [-0.15, -0.1) is 0 Å². The van der Waals surface area contributed by atoms with E-state index in [2.05, 4.69) is 25.9 Å². The predicted molar refractivity (Wildman–Crippen MR) is 98.5 cm³/mol. The number of carbonyl (C=O) groups excluding carboxylic acids is 1. The average Bonchev–Trinajstić information content (AvgIpc) is 2.91. The molecule has 27 heavy (non-hydrogen) atoms. The zero-order chi connectivity index (χ0) is 19.8. The molecule has 0 N–H and O–H groups in total. The van der Waals surface area contributed by atoms with Crippen molar-refractivity contribution in [3.63, 3.8) is 0 Å². The molecular weight excluding hydrogens is 449 g/mol. The van der Waals surface area contributed by atoms with Gasteiger partial charge in [0.1, 0.15) is 0 Å². The summed E-state index contributed by atoms with van der Waals surface area (Å²) < 4.78 is 39.6. The van der Waals surface area contributed by atoms with Gasteiger partial charge < -0.3 is 4.90 Å². The quantitative estimate of drug-likeness (QED) is 0.692. The van der Waals surface area contributed by atoms with Crippen molar-refractivity contribution in [2.24, 2.45) is 7.05 Å². The van der Waals surface area contributed by atoms with Gasteiger partial charge in [0.05, 0.1) is 4.47 Å². The maximum atomic E-state index is 13.1. The number of amides is 1. The SMILES string of the molecule is Cn1nc(C(=O)N2CCN(Cc3ccc(Cl)cc3)CC2)c(Br)c1C(F)(F)F. The van der Waals surface area contributed by atoms with Crippen LogP contribution in [0.3, 0.4) is 0 Å². The van der Waals surface area contributed by atoms with Crippen LogP contribution in [0, 0.1) is 0 Å². The van der Waals surface area contributed by atoms with E-state index in [0.717, 1.165) is 12.1 Å². The Labute approximate surface area is 167 Å². The topological polar surface area (TPSA) is 41.4 Å². The van der Waals surface area contributed by atoms with Crippen molar-refractivity contribution in [1.29, 1.82) is 0 Å². The Morgan fingerprint density at radius 1 is 1.19 bits per heavy atom. The van der Waals surface area contributed by atoms with Gasteiger partial charge in [-0.05, 0) is 33.6 Å². The Bertz CT molecular complexity index is 830. The highest BCUT2D eigenvalue weighted by molar-refractivity contribution is 9.10. The van der Waals surface area contributed by atoms with E-state index in [4.69, 9.17) is 11.6 Å². The lowest BCUT2D eigenvalue weighted by Gasteiger charge is -2.34. The van der Waals surface area contributed by atoms with Crippen molar-refractivity contribution in [3.8, 4) is 0 Å². The van der Waals surface area contributed by atoms with Crippen LogP contribution < -0.4 is 0 Å². The lowest BCUT2D eigenvalue weighted by Crippen LogP contribution is -2.48. The molecule has 1 fully saturated rings. The van der Waals surface area contributed by atoms with E-state index in [1.165, 1.54) is 11.9 Å². The number of aromatic nitrogens is 2. The smallest absolute Gasteiger partial charge is 0.335 e. The second-order valence-electron chi connectivity index (χ2n) is 6.33. The maximum Gasteiger partial charge on any atom is 0.434 e. The summed E-state index contributed by atoms with van der Waals surface area (Å²) in [6.07, 6.45) is -4.59. The van der Waals surface area contributed by atoms with Crippen LogP contribution in [-0.2, 0) is 19.8 Å². The molecule has 0 bridgehead atoms. The van der Waals surface area contributed by atoms with E-state index in [0.29, 0.717) is 35.9 Å². The van der Waals surface area contributed by atoms with Crippen LogP contribution in [0.4, 0.5) is 13.2 Å². The zero-order valence-corrected chi connectivity index (χ0v) is 16.8. The molecule has 0 radical (unpaired) electrons. The van der Waals surface area contributed by atoms with Crippen molar-refractivity contribution in [2.45, 2.75) is 12.7 Å². The highest BCUT2D eigenvalue weighted by Crippen LogP contribution is 2.36. The summed E-state index contributed by atoms with van der Waals surface area (Å²) in [5.41, 5.74) is -0.0651. The summed E-state index contributed by atoms with van der Waals surface area (Å²) in [4.78, 5) is 16.4. The van der Waals surface area contributed by atoms with Crippen molar-refractivity contribution >= 4 is 33.4 Å². The molecule has 1 aromatic heterocycles. The molecule has 10 heteroatoms. The van der Waals surface area contributed by atoms with E-state index < -0.39 is 17.8 Å². The van der Waals surface area contributed by atoms with Crippen LogP contribution >= 0.6 is 27.5 Å². The predicted octanol–water partition coefficient (Wildman–Crippen LogP) is 3.81. The van der Waals surface area contributed by atoms with Crippen molar-refractivity contribution in [3.05, 3.63) is 50.7 Å². The fourth-order valence-electron chi connectivity index (χ4n) is 3.05. The molecule has 0 saturated carbocycles. The summed E-state index contributed by atoms with van der Waals surface area (Å²) in [6, 6.07) is 7.55. The normalized spacial score (nSPS) is 16.0. The zero-order valence-electron chi connectivity index (χ0n) is 14.4. The van der Waals surface area contributed by atoms with Gasteiger partial charge in [0.25, 0.3) is 5.91 Å². The lowest BCUT2D eigenvalue weighted by atomic mass is 10.2. The largest absolute Gasteiger partial charge is 0.434 e. The Balaban J connectivity index is 1.64. The van der Waals surface area contributed by atoms with Gasteiger partial charge in [0.15, 0.2) is 11.4 Å². The van der Waals surface area contributed by atoms with Crippen LogP contribution in [0.5, 0.6) is 0 Å². The Kier molecular flexibility index (Phi) is 5.83. The third kappa shape index (κ3) is 4.47. The first-order chi connectivity index (χ1) is 12.7. The number of hydrogen-bond donors (Lipinski definition) is 0. The number of halogens is 5. The van der Waals surface area contributed by atoms with Gasteiger partial charge in [-0.25, -0.2) is 0 Å². The second kappa shape index (κ2) is 7.81. The molecule has 0 unspecified atom stereocenters. The molecule has 1 saturated heterocycles. The monoisotopic (exact) mass is 464 g/mol. The summed E-state index contributed by atoms with van der Waals surface area (Å²) in [5.74, 6) is -0.501. The molecule has 0 spiro atoms. The number of nitrogens with zero attached hydrogens (tertiary/aromatic N) is 4. The molecule has 3 rings (SSSR count). The average molecular weight is 466 g/mol. The number of aryl methyl sites for hydroxylation is 1. The minimum Gasteiger partial charge on any atom is -0.335 e. The van der Waals surface area contributed by atoms with E-state index >= 15 is 0 Å². The maximum absolute atomic E-state index is 13.1. The molecule has 0 aliphatic carbocycles. The molecule has 1 aliphatic rings. The summed E-state index contributed by atoms with van der Waals surface area (Å²) >= 11 is 8.78. The number of piperazine rings is 1. The number of carbonyl (C=O) groups is 1. The van der Waals surface area contributed by atoms with Crippen LogP contribution in [0.15, 0.2) is 28.7 Å². The minimum absolute atomic E-state index is 0.212. The van der Waals surface area contributed by atoms with E-state index in [1.54, 1.807) is 0 Å². The first-order valence-corrected chi connectivity index (χ1v) is 9.39. The fraction of sp³-hybridized carbons (Fsp3) is 0.412. The number of alkyl halides is 3. The molecular formula is C17H17BrClF3N4O. The van der Waals surface area contributed by atoms with Crippen LogP contribution in [-0.4, -0.2) is 51.7 Å². The molecule has 5 nitrogen and oxygen atoms in total. The fourth-order valence-corrected chi connectivity index (χ4v) is 3.91. The third-order valence-electron chi connectivity index (χ3n) is 4.44. The first kappa shape index (κ1) is 20.2. The molecule has 2 heterocycles. The first-order valence-electron chi connectivity index (χ1n) is 8.22. The van der Waals surface area contributed by atoms with E-state index in [-0.39, 0.29) is 10.2 Å². The van der Waals surface area contributed by atoms with Gasteiger partial charge in [-0.3, -0.25) is 14.4 Å². The summed E-state index contributed by atoms with van der Waals surface area (Å²) in [7, 11) is 1.18. The third-order valence-corrected chi connectivity index (χ3v) is 5.44. The van der Waals surface area contributed by atoms with Gasteiger partial charge in [0, 0.05) is 44.8 Å². The van der Waals surface area contributed by atoms with Gasteiger partial charge >= 0.3 is 6.18 Å². The minimum atomic E-state index is -4.59. The second-order valence-corrected chi connectivity index (χ2v) is 7.56. The molecule has 1 aromatic carbocycles. The van der Waals surface area contributed by atoms with Crippen molar-refractivity contribution in [1.82, 2.24) is 19.6 Å². The highest BCUT2D eigenvalue weighted by atomic mass is 79.9. The highest BCUT2D eigenvalue weighted by Gasteiger charge is 2.40. The summed E-state index contributed by atoms with van der Waals surface area (Å²) in [5, 5.41) is 4.45. The standard InChI is InChI=1S/C17H17BrClF3N4O/c1-24-15(17(20,21)22)13(18)14(23-24)16(27)26-8-6-25(7-9-26)10-11-2-4-12(19)5-3-11/h2-5H,6-10H2,1H3. The van der Waals surface area contributed by atoms with Crippen LogP contribution in [0.25, 0.3) is 0 Å². The van der Waals surface area contributed by atoms with Gasteiger partial charge in [-0.1, -0.05) is 23.7 Å². The van der Waals surface area contributed by atoms with Crippen LogP contribution in [0.2, 0.25) is 5.02 Å². The molecule has 146 valence electrons. The van der Waals surface area contributed by atoms with Gasteiger partial charge in [0.2, 0.25) is 0 Å². The molecule has 1 aliphatic heterocycles. The Hall–Kier alpha value is -1.58. The Morgan fingerprint density at radius 2 is 1.78 bits per heavy atom. The van der Waals surface area contributed by atoms with Crippen molar-refractivity contribution in [2.75, 3.05) is 26.2 Å². The van der Waals surface area contributed by atoms with Crippen LogP contribution in [0.1, 0.15) is 21.7 Å². The molecule has 1 amide bonds. The van der Waals surface area contributed by atoms with E-state index in [9.17, 15) is 18.0 Å². The lowest BCUT2D eigenvalue weighted by molar-refractivity contribution is -0.144. The summed E-state index contributed by atoms with van der Waals surface area (Å²) in [6.45, 7) is 2.84. The van der Waals surface area contributed by atoms with Gasteiger partial charge in [-0.2, -0.15) is 18.3 Å². The molecule has 2 aromatic rings. The molecule has 0 atom stereocenters. The number of hydrogen-bond acceptors (Lipinski definition) is 3. The number of rotatable bonds is 3.